The number of aromatic nitrogens is 4. The molecule has 2 N–H and O–H groups in total. The number of nitrogens with zero attached hydrogens (tertiary/aromatic N) is 3. The van der Waals surface area contributed by atoms with Crippen LogP contribution in [-0.2, 0) is 17.8 Å². The molecule has 7 heteroatoms. The van der Waals surface area contributed by atoms with E-state index in [1.54, 1.807) is 10.8 Å². The maximum atomic E-state index is 12.7. The van der Waals surface area contributed by atoms with E-state index in [1.807, 2.05) is 48.5 Å². The van der Waals surface area contributed by atoms with Crippen LogP contribution in [0.5, 0.6) is 0 Å². The number of benzene rings is 1. The topological polar surface area (TPSA) is 75.6 Å². The second-order valence-electron chi connectivity index (χ2n) is 5.95. The van der Waals surface area contributed by atoms with Crippen LogP contribution in [0.25, 0.3) is 0 Å². The van der Waals surface area contributed by atoms with Crippen molar-refractivity contribution in [3.8, 4) is 0 Å². The molecular formula is C19H21N5OS. The van der Waals surface area contributed by atoms with Gasteiger partial charge in [-0.1, -0.05) is 43.3 Å². The zero-order valence-corrected chi connectivity index (χ0v) is 15.4. The highest BCUT2D eigenvalue weighted by atomic mass is 32.1. The Kier molecular flexibility index (Phi) is 5.91. The fourth-order valence-corrected chi connectivity index (χ4v) is 3.01. The van der Waals surface area contributed by atoms with E-state index in [4.69, 9.17) is 12.2 Å². The SMILES string of the molecule is CCCc1n[nH]c(=S)n1CC(=O)NC(c1ccccc1)c1ccccn1. The Balaban J connectivity index is 1.83. The van der Waals surface area contributed by atoms with E-state index in [0.717, 1.165) is 29.9 Å². The lowest BCUT2D eigenvalue weighted by Gasteiger charge is -2.19. The summed E-state index contributed by atoms with van der Waals surface area (Å²) in [5.41, 5.74) is 1.76. The second-order valence-corrected chi connectivity index (χ2v) is 6.33. The highest BCUT2D eigenvalue weighted by Gasteiger charge is 2.19. The number of carbonyl (C=O) groups is 1. The van der Waals surface area contributed by atoms with Crippen molar-refractivity contribution in [3.05, 3.63) is 76.6 Å². The van der Waals surface area contributed by atoms with Gasteiger partial charge in [-0.3, -0.25) is 19.4 Å². The third kappa shape index (κ3) is 4.23. The molecule has 2 heterocycles. The summed E-state index contributed by atoms with van der Waals surface area (Å²) < 4.78 is 2.20. The smallest absolute Gasteiger partial charge is 0.240 e. The molecule has 1 aromatic carbocycles. The van der Waals surface area contributed by atoms with E-state index < -0.39 is 0 Å². The molecule has 6 nitrogen and oxygen atoms in total. The van der Waals surface area contributed by atoms with Crippen molar-refractivity contribution in [1.29, 1.82) is 0 Å². The predicted molar refractivity (Wildman–Crippen MR) is 102 cm³/mol. The maximum Gasteiger partial charge on any atom is 0.240 e. The Labute approximate surface area is 157 Å². The molecule has 134 valence electrons. The largest absolute Gasteiger partial charge is 0.342 e. The molecule has 0 fully saturated rings. The first-order valence-electron chi connectivity index (χ1n) is 8.58. The van der Waals surface area contributed by atoms with E-state index in [2.05, 4.69) is 27.4 Å². The third-order valence-electron chi connectivity index (χ3n) is 4.03. The molecule has 0 radical (unpaired) electrons. The lowest BCUT2D eigenvalue weighted by Crippen LogP contribution is -2.33. The van der Waals surface area contributed by atoms with Crippen LogP contribution in [0.4, 0.5) is 0 Å². The number of H-pyrrole nitrogens is 1. The molecule has 0 saturated heterocycles. The molecule has 0 aliphatic carbocycles. The molecule has 3 rings (SSSR count). The van der Waals surface area contributed by atoms with Crippen molar-refractivity contribution in [1.82, 2.24) is 25.1 Å². The minimum Gasteiger partial charge on any atom is -0.342 e. The van der Waals surface area contributed by atoms with Gasteiger partial charge in [-0.2, -0.15) is 5.10 Å². The Morgan fingerprint density at radius 2 is 2.00 bits per heavy atom. The van der Waals surface area contributed by atoms with E-state index >= 15 is 0 Å². The zero-order valence-electron chi connectivity index (χ0n) is 14.6. The third-order valence-corrected chi connectivity index (χ3v) is 4.35. The number of carbonyl (C=O) groups excluding carboxylic acids is 1. The average Bonchev–Trinajstić information content (AvgIpc) is 3.01. The van der Waals surface area contributed by atoms with Crippen LogP contribution in [0.3, 0.4) is 0 Å². The van der Waals surface area contributed by atoms with Gasteiger partial charge in [0.1, 0.15) is 12.4 Å². The standard InChI is InChI=1S/C19H21N5OS/c1-2-8-16-22-23-19(26)24(16)13-17(25)21-18(14-9-4-3-5-10-14)15-11-6-7-12-20-15/h3-7,9-12,18H,2,8,13H2,1H3,(H,21,25)(H,23,26). The number of aryl methyl sites for hydroxylation is 1. The van der Waals surface area contributed by atoms with Gasteiger partial charge in [0.15, 0.2) is 4.77 Å². The number of rotatable bonds is 7. The van der Waals surface area contributed by atoms with Gasteiger partial charge in [-0.15, -0.1) is 0 Å². The molecular weight excluding hydrogens is 346 g/mol. The number of hydrogen-bond acceptors (Lipinski definition) is 4. The summed E-state index contributed by atoms with van der Waals surface area (Å²) in [4.78, 5) is 17.1. The summed E-state index contributed by atoms with van der Waals surface area (Å²) in [5, 5.41) is 10.0. The van der Waals surface area contributed by atoms with Crippen LogP contribution in [0.2, 0.25) is 0 Å². The van der Waals surface area contributed by atoms with Crippen LogP contribution in [0.1, 0.15) is 36.5 Å². The van der Waals surface area contributed by atoms with Crippen molar-refractivity contribution in [3.63, 3.8) is 0 Å². The van der Waals surface area contributed by atoms with Gasteiger partial charge in [0, 0.05) is 12.6 Å². The molecule has 0 spiro atoms. The first kappa shape index (κ1) is 18.0. The first-order valence-corrected chi connectivity index (χ1v) is 8.99. The summed E-state index contributed by atoms with van der Waals surface area (Å²) in [6.45, 7) is 2.19. The van der Waals surface area contributed by atoms with E-state index in [9.17, 15) is 4.79 Å². The van der Waals surface area contributed by atoms with Crippen molar-refractivity contribution < 1.29 is 4.79 Å². The van der Waals surface area contributed by atoms with Gasteiger partial charge < -0.3 is 5.32 Å². The highest BCUT2D eigenvalue weighted by Crippen LogP contribution is 2.20. The quantitative estimate of drug-likeness (QED) is 0.629. The van der Waals surface area contributed by atoms with Crippen molar-refractivity contribution in [2.75, 3.05) is 0 Å². The van der Waals surface area contributed by atoms with E-state index in [-0.39, 0.29) is 18.5 Å². The van der Waals surface area contributed by atoms with Crippen LogP contribution in [0.15, 0.2) is 54.7 Å². The molecule has 1 atom stereocenters. The number of nitrogens with one attached hydrogen (secondary N) is 2. The van der Waals surface area contributed by atoms with Crippen molar-refractivity contribution in [2.24, 2.45) is 0 Å². The fourth-order valence-electron chi connectivity index (χ4n) is 2.80. The molecule has 0 aliphatic rings. The Bertz CT molecular complexity index is 865. The number of hydrogen-bond donors (Lipinski definition) is 2. The summed E-state index contributed by atoms with van der Waals surface area (Å²) in [5.74, 6) is 0.654. The highest BCUT2D eigenvalue weighted by molar-refractivity contribution is 7.71. The molecule has 0 aliphatic heterocycles. The normalized spacial score (nSPS) is 11.9. The van der Waals surface area contributed by atoms with Gasteiger partial charge in [-0.05, 0) is 36.3 Å². The molecule has 1 unspecified atom stereocenters. The zero-order chi connectivity index (χ0) is 18.4. The maximum absolute atomic E-state index is 12.7. The van der Waals surface area contributed by atoms with Gasteiger partial charge in [0.05, 0.1) is 11.7 Å². The average molecular weight is 367 g/mol. The Morgan fingerprint density at radius 1 is 1.23 bits per heavy atom. The van der Waals surface area contributed by atoms with Gasteiger partial charge in [0.25, 0.3) is 0 Å². The van der Waals surface area contributed by atoms with Crippen LogP contribution in [0, 0.1) is 4.77 Å². The lowest BCUT2D eigenvalue weighted by molar-refractivity contribution is -0.122. The lowest BCUT2D eigenvalue weighted by atomic mass is 10.0. The van der Waals surface area contributed by atoms with Crippen LogP contribution < -0.4 is 5.32 Å². The van der Waals surface area contributed by atoms with Gasteiger partial charge in [0.2, 0.25) is 5.91 Å². The number of aromatic amines is 1. The molecule has 3 aromatic rings. The summed E-state index contributed by atoms with van der Waals surface area (Å²) in [6.07, 6.45) is 3.42. The fraction of sp³-hybridized carbons (Fsp3) is 0.263. The van der Waals surface area contributed by atoms with E-state index in [0.29, 0.717) is 4.77 Å². The van der Waals surface area contributed by atoms with Gasteiger partial charge >= 0.3 is 0 Å². The van der Waals surface area contributed by atoms with Crippen LogP contribution in [-0.4, -0.2) is 25.7 Å². The number of amides is 1. The second kappa shape index (κ2) is 8.53. The van der Waals surface area contributed by atoms with Crippen molar-refractivity contribution >= 4 is 18.1 Å². The minimum atomic E-state index is -0.319. The van der Waals surface area contributed by atoms with Gasteiger partial charge in [-0.25, -0.2) is 0 Å². The molecule has 1 amide bonds. The van der Waals surface area contributed by atoms with Crippen LogP contribution >= 0.6 is 12.2 Å². The Morgan fingerprint density at radius 3 is 2.69 bits per heavy atom. The molecule has 0 bridgehead atoms. The summed E-state index contributed by atoms with van der Waals surface area (Å²) >= 11 is 5.26. The molecule has 2 aromatic heterocycles. The summed E-state index contributed by atoms with van der Waals surface area (Å²) in [7, 11) is 0. The summed E-state index contributed by atoms with van der Waals surface area (Å²) in [6, 6.07) is 15.2. The first-order chi connectivity index (χ1) is 12.7. The van der Waals surface area contributed by atoms with Crippen molar-refractivity contribution in [2.45, 2.75) is 32.4 Å². The molecule has 26 heavy (non-hydrogen) atoms. The molecule has 0 saturated carbocycles. The number of pyridine rings is 1. The predicted octanol–water partition coefficient (Wildman–Crippen LogP) is 3.19. The Hall–Kier alpha value is -2.80. The monoisotopic (exact) mass is 367 g/mol. The van der Waals surface area contributed by atoms with E-state index in [1.165, 1.54) is 0 Å². The minimum absolute atomic E-state index is 0.126.